The molecule has 5 nitrogen and oxygen atoms in total. The van der Waals surface area contributed by atoms with Gasteiger partial charge in [-0.25, -0.2) is 0 Å². The molecule has 136 valence electrons. The molecule has 26 heavy (non-hydrogen) atoms. The van der Waals surface area contributed by atoms with Gasteiger partial charge in [-0.15, -0.1) is 0 Å². The Labute approximate surface area is 154 Å². The number of hydrogen-bond donors (Lipinski definition) is 1. The van der Waals surface area contributed by atoms with Crippen LogP contribution in [0.15, 0.2) is 42.5 Å². The number of nitrogens with one attached hydrogen (secondary N) is 1. The number of carbonyl (C=O) groups excluding carboxylic acids is 2. The number of hydrogen-bond acceptors (Lipinski definition) is 3. The Morgan fingerprint density at radius 3 is 2.77 bits per heavy atom. The first kappa shape index (κ1) is 18.0. The molecule has 0 aliphatic carbocycles. The molecule has 1 unspecified atom stereocenters. The monoisotopic (exact) mass is 352 g/mol. The van der Waals surface area contributed by atoms with E-state index in [-0.39, 0.29) is 11.8 Å². The predicted octanol–water partition coefficient (Wildman–Crippen LogP) is 4.16. The van der Waals surface area contributed by atoms with E-state index in [0.717, 1.165) is 18.4 Å². The van der Waals surface area contributed by atoms with Gasteiger partial charge in [0.1, 0.15) is 5.75 Å². The summed E-state index contributed by atoms with van der Waals surface area (Å²) in [5.74, 6) is 0.444. The van der Waals surface area contributed by atoms with E-state index >= 15 is 0 Å². The second kappa shape index (κ2) is 7.60. The Kier molecular flexibility index (Phi) is 5.26. The van der Waals surface area contributed by atoms with Gasteiger partial charge in [-0.1, -0.05) is 31.0 Å². The van der Waals surface area contributed by atoms with E-state index < -0.39 is 6.10 Å². The predicted molar refractivity (Wildman–Crippen MR) is 103 cm³/mol. The number of anilines is 2. The molecule has 0 spiro atoms. The van der Waals surface area contributed by atoms with Crippen LogP contribution in [0.4, 0.5) is 11.4 Å². The molecule has 2 aromatic carbocycles. The van der Waals surface area contributed by atoms with Gasteiger partial charge in [-0.3, -0.25) is 9.59 Å². The Morgan fingerprint density at radius 1 is 1.23 bits per heavy atom. The summed E-state index contributed by atoms with van der Waals surface area (Å²) in [7, 11) is 0. The number of rotatable bonds is 5. The molecule has 0 bridgehead atoms. The van der Waals surface area contributed by atoms with E-state index in [1.807, 2.05) is 37.3 Å². The summed E-state index contributed by atoms with van der Waals surface area (Å²) in [4.78, 5) is 26.7. The minimum Gasteiger partial charge on any atom is -0.479 e. The highest BCUT2D eigenvalue weighted by molar-refractivity contribution is 6.05. The van der Waals surface area contributed by atoms with Crippen molar-refractivity contribution >= 4 is 23.2 Å². The lowest BCUT2D eigenvalue weighted by molar-refractivity contribution is -0.125. The molecular weight excluding hydrogens is 328 g/mol. The highest BCUT2D eigenvalue weighted by Gasteiger charge is 2.31. The lowest BCUT2D eigenvalue weighted by Gasteiger charge is -2.33. The van der Waals surface area contributed by atoms with Crippen molar-refractivity contribution in [2.24, 2.45) is 0 Å². The Morgan fingerprint density at radius 2 is 2.04 bits per heavy atom. The third-order valence-electron chi connectivity index (χ3n) is 4.44. The summed E-state index contributed by atoms with van der Waals surface area (Å²) in [6.45, 7) is 6.45. The molecule has 1 atom stereocenters. The zero-order valence-electron chi connectivity index (χ0n) is 15.4. The maximum atomic E-state index is 12.5. The van der Waals surface area contributed by atoms with Crippen molar-refractivity contribution < 1.29 is 14.3 Å². The van der Waals surface area contributed by atoms with Crippen molar-refractivity contribution in [2.75, 3.05) is 16.8 Å². The molecule has 0 aromatic heterocycles. The van der Waals surface area contributed by atoms with Gasteiger partial charge in [0.2, 0.25) is 0 Å². The summed E-state index contributed by atoms with van der Waals surface area (Å²) < 4.78 is 5.71. The molecule has 2 aromatic rings. The fourth-order valence-electron chi connectivity index (χ4n) is 3.02. The van der Waals surface area contributed by atoms with Crippen molar-refractivity contribution in [3.8, 4) is 5.75 Å². The third kappa shape index (κ3) is 3.72. The summed E-state index contributed by atoms with van der Waals surface area (Å²) >= 11 is 0. The average Bonchev–Trinajstić information content (AvgIpc) is 2.62. The fourth-order valence-corrected chi connectivity index (χ4v) is 3.02. The van der Waals surface area contributed by atoms with Crippen LogP contribution in [0, 0.1) is 6.92 Å². The molecule has 1 aliphatic heterocycles. The topological polar surface area (TPSA) is 58.6 Å². The van der Waals surface area contributed by atoms with E-state index in [1.165, 1.54) is 0 Å². The van der Waals surface area contributed by atoms with Crippen LogP contribution in [-0.2, 0) is 4.79 Å². The van der Waals surface area contributed by atoms with E-state index in [0.29, 0.717) is 29.2 Å². The number of ether oxygens (including phenoxy) is 1. The van der Waals surface area contributed by atoms with Crippen LogP contribution in [0.2, 0.25) is 0 Å². The molecule has 3 rings (SSSR count). The maximum absolute atomic E-state index is 12.5. The number of carbonyl (C=O) groups is 2. The largest absolute Gasteiger partial charge is 0.479 e. The summed E-state index contributed by atoms with van der Waals surface area (Å²) in [5.41, 5.74) is 2.99. The standard InChI is InChI=1S/C21H24N2O3/c1-4-5-11-23-18-13-17(9-10-19(18)26-15(3)21(23)25)22-20(24)16-8-6-7-14(2)12-16/h6-10,12-13,15H,4-5,11H2,1-3H3,(H,22,24). The van der Waals surface area contributed by atoms with Gasteiger partial charge in [-0.2, -0.15) is 0 Å². The lowest BCUT2D eigenvalue weighted by Crippen LogP contribution is -2.44. The van der Waals surface area contributed by atoms with Gasteiger partial charge >= 0.3 is 0 Å². The SMILES string of the molecule is CCCCN1C(=O)C(C)Oc2ccc(NC(=O)c3cccc(C)c3)cc21. The van der Waals surface area contributed by atoms with Crippen molar-refractivity contribution in [2.45, 2.75) is 39.7 Å². The summed E-state index contributed by atoms with van der Waals surface area (Å²) in [6.07, 6.45) is 1.42. The van der Waals surface area contributed by atoms with Crippen LogP contribution >= 0.6 is 0 Å². The molecule has 0 radical (unpaired) electrons. The first-order valence-corrected chi connectivity index (χ1v) is 8.99. The maximum Gasteiger partial charge on any atom is 0.267 e. The van der Waals surface area contributed by atoms with Gasteiger partial charge in [0.15, 0.2) is 6.10 Å². The minimum absolute atomic E-state index is 0.0480. The second-order valence-corrected chi connectivity index (χ2v) is 6.61. The zero-order chi connectivity index (χ0) is 18.7. The van der Waals surface area contributed by atoms with Crippen LogP contribution in [0.25, 0.3) is 0 Å². The molecule has 0 saturated carbocycles. The number of benzene rings is 2. The van der Waals surface area contributed by atoms with Gasteiger partial charge in [0.05, 0.1) is 5.69 Å². The van der Waals surface area contributed by atoms with Crippen LogP contribution in [0.3, 0.4) is 0 Å². The Hall–Kier alpha value is -2.82. The quantitative estimate of drug-likeness (QED) is 0.879. The number of nitrogens with zero attached hydrogens (tertiary/aromatic N) is 1. The average molecular weight is 352 g/mol. The first-order valence-electron chi connectivity index (χ1n) is 8.99. The van der Waals surface area contributed by atoms with Crippen LogP contribution in [-0.4, -0.2) is 24.5 Å². The van der Waals surface area contributed by atoms with E-state index in [1.54, 1.807) is 24.0 Å². The van der Waals surface area contributed by atoms with Crippen LogP contribution in [0.1, 0.15) is 42.6 Å². The fraction of sp³-hybridized carbons (Fsp3) is 0.333. The molecule has 1 aliphatic rings. The smallest absolute Gasteiger partial charge is 0.267 e. The number of amides is 2. The molecular formula is C21H24N2O3. The van der Waals surface area contributed by atoms with Crippen LogP contribution < -0.4 is 15.0 Å². The highest BCUT2D eigenvalue weighted by Crippen LogP contribution is 2.36. The molecule has 5 heteroatoms. The van der Waals surface area contributed by atoms with Gasteiger partial charge < -0.3 is 15.0 Å². The van der Waals surface area contributed by atoms with Crippen molar-refractivity contribution in [1.82, 2.24) is 0 Å². The van der Waals surface area contributed by atoms with E-state index in [4.69, 9.17) is 4.74 Å². The summed E-state index contributed by atoms with van der Waals surface area (Å²) in [5, 5.41) is 2.91. The zero-order valence-corrected chi connectivity index (χ0v) is 15.4. The molecule has 0 fully saturated rings. The van der Waals surface area contributed by atoms with E-state index in [2.05, 4.69) is 12.2 Å². The molecule has 2 amide bonds. The molecule has 0 saturated heterocycles. The van der Waals surface area contributed by atoms with Crippen molar-refractivity contribution in [3.63, 3.8) is 0 Å². The second-order valence-electron chi connectivity index (χ2n) is 6.61. The van der Waals surface area contributed by atoms with Crippen molar-refractivity contribution in [1.29, 1.82) is 0 Å². The number of unbranched alkanes of at least 4 members (excludes halogenated alkanes) is 1. The van der Waals surface area contributed by atoms with Crippen molar-refractivity contribution in [3.05, 3.63) is 53.6 Å². The van der Waals surface area contributed by atoms with E-state index in [9.17, 15) is 9.59 Å². The highest BCUT2D eigenvalue weighted by atomic mass is 16.5. The lowest BCUT2D eigenvalue weighted by atomic mass is 10.1. The van der Waals surface area contributed by atoms with Gasteiger partial charge in [0.25, 0.3) is 11.8 Å². The summed E-state index contributed by atoms with van der Waals surface area (Å²) in [6, 6.07) is 12.8. The Bertz CT molecular complexity index is 832. The number of aryl methyl sites for hydroxylation is 1. The molecule has 1 heterocycles. The van der Waals surface area contributed by atoms with Gasteiger partial charge in [0, 0.05) is 17.8 Å². The Balaban J connectivity index is 1.86. The van der Waals surface area contributed by atoms with Crippen LogP contribution in [0.5, 0.6) is 5.75 Å². The third-order valence-corrected chi connectivity index (χ3v) is 4.44. The number of fused-ring (bicyclic) bond motifs is 1. The minimum atomic E-state index is -0.493. The molecule has 1 N–H and O–H groups in total. The normalized spacial score (nSPS) is 16.0. The van der Waals surface area contributed by atoms with Gasteiger partial charge in [-0.05, 0) is 50.6 Å². The first-order chi connectivity index (χ1) is 12.5.